The van der Waals surface area contributed by atoms with Crippen molar-refractivity contribution in [3.05, 3.63) is 48.3 Å². The van der Waals surface area contributed by atoms with Gasteiger partial charge >= 0.3 is 0 Å². The van der Waals surface area contributed by atoms with E-state index >= 15 is 0 Å². The third kappa shape index (κ3) is 5.59. The van der Waals surface area contributed by atoms with Gasteiger partial charge in [0.2, 0.25) is 0 Å². The third-order valence-electron chi connectivity index (χ3n) is 4.97. The van der Waals surface area contributed by atoms with Crippen LogP contribution in [0.15, 0.2) is 36.9 Å². The highest BCUT2D eigenvalue weighted by Gasteiger charge is 2.34. The first-order valence-electron chi connectivity index (χ1n) is 9.08. The summed E-state index contributed by atoms with van der Waals surface area (Å²) in [7, 11) is 1.57. The Morgan fingerprint density at radius 2 is 2.37 bits per heavy atom. The summed E-state index contributed by atoms with van der Waals surface area (Å²) in [6.07, 6.45) is 1.51. The van der Waals surface area contributed by atoms with E-state index in [2.05, 4.69) is 11.5 Å². The molecule has 1 amide bonds. The summed E-state index contributed by atoms with van der Waals surface area (Å²) in [5, 5.41) is 9.71. The summed E-state index contributed by atoms with van der Waals surface area (Å²) in [5.41, 5.74) is -0.239. The Morgan fingerprint density at radius 3 is 3.00 bits per heavy atom. The van der Waals surface area contributed by atoms with E-state index in [9.17, 15) is 14.3 Å². The van der Waals surface area contributed by atoms with Crippen molar-refractivity contribution in [2.24, 2.45) is 0 Å². The number of aliphatic hydroxyl groups excluding tert-OH is 1. The second kappa shape index (κ2) is 9.94. The molecule has 1 fully saturated rings. The van der Waals surface area contributed by atoms with Crippen molar-refractivity contribution in [3.63, 3.8) is 0 Å². The van der Waals surface area contributed by atoms with Crippen LogP contribution in [0.2, 0.25) is 0 Å². The number of hydrogen-bond donors (Lipinski definition) is 1. The Hall–Kier alpha value is -1.80. The Kier molecular flexibility index (Phi) is 7.91. The summed E-state index contributed by atoms with van der Waals surface area (Å²) in [6.45, 7) is 8.54. The Bertz CT molecular complexity index is 642. The fourth-order valence-corrected chi connectivity index (χ4v) is 3.11. The first-order chi connectivity index (χ1) is 12.9. The SMILES string of the molecule is C=CC(C)(CO)N1CCOC(CN(CCOC)C(=O)c2cccc(F)c2)C1. The minimum atomic E-state index is -0.536. The lowest BCUT2D eigenvalue weighted by Gasteiger charge is -2.43. The molecule has 27 heavy (non-hydrogen) atoms. The topological polar surface area (TPSA) is 62.2 Å². The molecule has 1 N–H and O–H groups in total. The lowest BCUT2D eigenvalue weighted by Crippen LogP contribution is -2.57. The molecule has 0 radical (unpaired) electrons. The summed E-state index contributed by atoms with van der Waals surface area (Å²) < 4.78 is 24.5. The van der Waals surface area contributed by atoms with E-state index in [1.807, 2.05) is 6.92 Å². The molecule has 1 aliphatic rings. The standard InChI is InChI=1S/C20H29FN2O4/c1-4-20(2,15-24)23-9-11-27-18(14-23)13-22(8-10-26-3)19(25)16-6-5-7-17(21)12-16/h4-7,12,18,24H,1,8-11,13-15H2,2-3H3. The molecular formula is C20H29FN2O4. The van der Waals surface area contributed by atoms with Crippen LogP contribution in [0, 0.1) is 5.82 Å². The number of carbonyl (C=O) groups is 1. The minimum absolute atomic E-state index is 0.0428. The lowest BCUT2D eigenvalue weighted by atomic mass is 9.99. The Morgan fingerprint density at radius 1 is 1.59 bits per heavy atom. The van der Waals surface area contributed by atoms with Crippen molar-refractivity contribution in [2.75, 3.05) is 53.1 Å². The van der Waals surface area contributed by atoms with Crippen LogP contribution in [0.5, 0.6) is 0 Å². The Labute approximate surface area is 160 Å². The van der Waals surface area contributed by atoms with Crippen LogP contribution in [0.1, 0.15) is 17.3 Å². The predicted octanol–water partition coefficient (Wildman–Crippen LogP) is 1.55. The predicted molar refractivity (Wildman–Crippen MR) is 101 cm³/mol. The van der Waals surface area contributed by atoms with Crippen molar-refractivity contribution < 1.29 is 23.8 Å². The van der Waals surface area contributed by atoms with E-state index < -0.39 is 11.4 Å². The van der Waals surface area contributed by atoms with Crippen molar-refractivity contribution in [2.45, 2.75) is 18.6 Å². The zero-order valence-corrected chi connectivity index (χ0v) is 16.1. The van der Waals surface area contributed by atoms with Crippen LogP contribution in [0.3, 0.4) is 0 Å². The number of methoxy groups -OCH3 is 1. The van der Waals surface area contributed by atoms with Gasteiger partial charge in [-0.1, -0.05) is 12.1 Å². The van der Waals surface area contributed by atoms with Crippen LogP contribution >= 0.6 is 0 Å². The highest BCUT2D eigenvalue weighted by molar-refractivity contribution is 5.94. The van der Waals surface area contributed by atoms with Gasteiger partial charge in [0.05, 0.1) is 31.5 Å². The van der Waals surface area contributed by atoms with Crippen LogP contribution in [-0.4, -0.2) is 85.6 Å². The zero-order valence-electron chi connectivity index (χ0n) is 16.1. The molecule has 1 saturated heterocycles. The van der Waals surface area contributed by atoms with E-state index in [-0.39, 0.29) is 18.6 Å². The van der Waals surface area contributed by atoms with Crippen LogP contribution < -0.4 is 0 Å². The largest absolute Gasteiger partial charge is 0.394 e. The molecule has 0 aromatic heterocycles. The zero-order chi connectivity index (χ0) is 19.9. The maximum Gasteiger partial charge on any atom is 0.254 e. The monoisotopic (exact) mass is 380 g/mol. The van der Waals surface area contributed by atoms with E-state index in [4.69, 9.17) is 9.47 Å². The van der Waals surface area contributed by atoms with E-state index in [0.717, 1.165) is 0 Å². The van der Waals surface area contributed by atoms with Gasteiger partial charge in [-0.3, -0.25) is 9.69 Å². The molecule has 0 bridgehead atoms. The molecule has 2 atom stereocenters. The fourth-order valence-electron chi connectivity index (χ4n) is 3.11. The Balaban J connectivity index is 2.10. The van der Waals surface area contributed by atoms with Crippen molar-refractivity contribution in [1.82, 2.24) is 9.80 Å². The van der Waals surface area contributed by atoms with Gasteiger partial charge < -0.3 is 19.5 Å². The number of hydrogen-bond acceptors (Lipinski definition) is 5. The number of rotatable bonds is 9. The molecular weight excluding hydrogens is 351 g/mol. The van der Waals surface area contributed by atoms with Crippen LogP contribution in [0.25, 0.3) is 0 Å². The maximum absolute atomic E-state index is 13.5. The maximum atomic E-state index is 13.5. The quantitative estimate of drug-likeness (QED) is 0.659. The van der Waals surface area contributed by atoms with Gasteiger partial charge in [-0.15, -0.1) is 6.58 Å². The van der Waals surface area contributed by atoms with Gasteiger partial charge in [-0.25, -0.2) is 4.39 Å². The molecule has 1 aromatic rings. The van der Waals surface area contributed by atoms with Crippen molar-refractivity contribution >= 4 is 5.91 Å². The molecule has 150 valence electrons. The number of aliphatic hydroxyl groups is 1. The highest BCUT2D eigenvalue weighted by Crippen LogP contribution is 2.20. The summed E-state index contributed by atoms with van der Waals surface area (Å²) in [5.74, 6) is -0.710. The smallest absolute Gasteiger partial charge is 0.254 e. The number of carbonyl (C=O) groups excluding carboxylic acids is 1. The van der Waals surface area contributed by atoms with Gasteiger partial charge in [-0.05, 0) is 25.1 Å². The van der Waals surface area contributed by atoms with Gasteiger partial charge in [0.25, 0.3) is 5.91 Å². The van der Waals surface area contributed by atoms with E-state index in [0.29, 0.717) is 45.0 Å². The number of morpholine rings is 1. The second-order valence-corrected chi connectivity index (χ2v) is 6.91. The molecule has 2 rings (SSSR count). The molecule has 1 aromatic carbocycles. The summed E-state index contributed by atoms with van der Waals surface area (Å²) in [4.78, 5) is 16.6. The van der Waals surface area contributed by atoms with Crippen LogP contribution in [0.4, 0.5) is 4.39 Å². The minimum Gasteiger partial charge on any atom is -0.394 e. The first kappa shape index (κ1) is 21.5. The molecule has 0 spiro atoms. The lowest BCUT2D eigenvalue weighted by molar-refractivity contribution is -0.0733. The fraction of sp³-hybridized carbons (Fsp3) is 0.550. The average Bonchev–Trinajstić information content (AvgIpc) is 2.70. The number of ether oxygens (including phenoxy) is 2. The van der Waals surface area contributed by atoms with E-state index in [1.54, 1.807) is 24.2 Å². The van der Waals surface area contributed by atoms with Gasteiger partial charge in [0, 0.05) is 38.9 Å². The summed E-state index contributed by atoms with van der Waals surface area (Å²) in [6, 6.07) is 5.66. The molecule has 0 aliphatic carbocycles. The third-order valence-corrected chi connectivity index (χ3v) is 4.97. The van der Waals surface area contributed by atoms with Gasteiger partial charge in [0.15, 0.2) is 0 Å². The summed E-state index contributed by atoms with van der Waals surface area (Å²) >= 11 is 0. The number of benzene rings is 1. The molecule has 2 unspecified atom stereocenters. The van der Waals surface area contributed by atoms with Crippen LogP contribution in [-0.2, 0) is 9.47 Å². The number of amides is 1. The average molecular weight is 380 g/mol. The normalized spacial score (nSPS) is 20.1. The van der Waals surface area contributed by atoms with Gasteiger partial charge in [-0.2, -0.15) is 0 Å². The number of nitrogens with zero attached hydrogens (tertiary/aromatic N) is 2. The first-order valence-corrected chi connectivity index (χ1v) is 9.08. The molecule has 1 aliphatic heterocycles. The van der Waals surface area contributed by atoms with Gasteiger partial charge in [0.1, 0.15) is 5.82 Å². The number of halogens is 1. The molecule has 0 saturated carbocycles. The van der Waals surface area contributed by atoms with Crippen molar-refractivity contribution in [3.8, 4) is 0 Å². The molecule has 1 heterocycles. The second-order valence-electron chi connectivity index (χ2n) is 6.91. The molecule has 7 heteroatoms. The molecule has 6 nitrogen and oxygen atoms in total. The highest BCUT2D eigenvalue weighted by atomic mass is 19.1. The van der Waals surface area contributed by atoms with Crippen molar-refractivity contribution in [1.29, 1.82) is 0 Å². The van der Waals surface area contributed by atoms with E-state index in [1.165, 1.54) is 18.2 Å².